The quantitative estimate of drug-likeness (QED) is 0.677. The van der Waals surface area contributed by atoms with E-state index >= 15 is 0 Å². The molecule has 2 fully saturated rings. The van der Waals surface area contributed by atoms with Gasteiger partial charge >= 0.3 is 0 Å². The maximum Gasteiger partial charge on any atom is 0.0494 e. The van der Waals surface area contributed by atoms with Crippen molar-refractivity contribution in [3.05, 3.63) is 0 Å². The fraction of sp³-hybridized carbons (Fsp3) is 1.00. The van der Waals surface area contributed by atoms with Crippen LogP contribution in [0.3, 0.4) is 0 Å². The standard InChI is InChI=1S/C10H19NO/c1-4-10(11-5-1)7-9-3-2-6-12-8-9/h9-11H,1-8H2. The molecule has 2 heterocycles. The molecule has 2 rings (SSSR count). The summed E-state index contributed by atoms with van der Waals surface area (Å²) < 4.78 is 5.46. The van der Waals surface area contributed by atoms with Gasteiger partial charge in [-0.25, -0.2) is 0 Å². The third-order valence-corrected chi connectivity index (χ3v) is 3.03. The first kappa shape index (κ1) is 8.52. The van der Waals surface area contributed by atoms with Crippen molar-refractivity contribution in [3.63, 3.8) is 0 Å². The molecule has 0 aromatic carbocycles. The molecule has 0 spiro atoms. The average molecular weight is 169 g/mol. The molecule has 0 amide bonds. The van der Waals surface area contributed by atoms with Crippen LogP contribution in [0.1, 0.15) is 32.1 Å². The molecule has 0 aromatic heterocycles. The van der Waals surface area contributed by atoms with Crippen molar-refractivity contribution in [1.29, 1.82) is 0 Å². The molecule has 0 saturated carbocycles. The first-order valence-corrected chi connectivity index (χ1v) is 5.26. The van der Waals surface area contributed by atoms with Gasteiger partial charge in [0.25, 0.3) is 0 Å². The minimum Gasteiger partial charge on any atom is -0.381 e. The first-order chi connectivity index (χ1) is 5.95. The molecule has 2 saturated heterocycles. The average Bonchev–Trinajstić information content (AvgIpc) is 2.59. The SMILES string of the molecule is C1COCC(CC2CCCN2)C1. The maximum atomic E-state index is 5.46. The fourth-order valence-corrected chi connectivity index (χ4v) is 2.35. The zero-order valence-electron chi connectivity index (χ0n) is 7.72. The largest absolute Gasteiger partial charge is 0.381 e. The summed E-state index contributed by atoms with van der Waals surface area (Å²) >= 11 is 0. The van der Waals surface area contributed by atoms with Gasteiger partial charge in [0.15, 0.2) is 0 Å². The van der Waals surface area contributed by atoms with Crippen LogP contribution in [0.2, 0.25) is 0 Å². The van der Waals surface area contributed by atoms with E-state index < -0.39 is 0 Å². The highest BCUT2D eigenvalue weighted by Gasteiger charge is 2.21. The van der Waals surface area contributed by atoms with E-state index in [9.17, 15) is 0 Å². The van der Waals surface area contributed by atoms with Crippen molar-refractivity contribution in [2.45, 2.75) is 38.1 Å². The zero-order valence-corrected chi connectivity index (χ0v) is 7.72. The van der Waals surface area contributed by atoms with Crippen molar-refractivity contribution in [2.24, 2.45) is 5.92 Å². The Bertz CT molecular complexity index is 126. The first-order valence-electron chi connectivity index (χ1n) is 5.26. The van der Waals surface area contributed by atoms with Crippen molar-refractivity contribution in [2.75, 3.05) is 19.8 Å². The Morgan fingerprint density at radius 2 is 2.25 bits per heavy atom. The lowest BCUT2D eigenvalue weighted by molar-refractivity contribution is 0.0483. The predicted octanol–water partition coefficient (Wildman–Crippen LogP) is 1.56. The minimum absolute atomic E-state index is 0.802. The van der Waals surface area contributed by atoms with Gasteiger partial charge in [-0.05, 0) is 44.6 Å². The van der Waals surface area contributed by atoms with E-state index in [1.165, 1.54) is 38.6 Å². The van der Waals surface area contributed by atoms with Gasteiger partial charge in [0.1, 0.15) is 0 Å². The molecule has 2 nitrogen and oxygen atoms in total. The highest BCUT2D eigenvalue weighted by Crippen LogP contribution is 2.22. The van der Waals surface area contributed by atoms with E-state index in [1.807, 2.05) is 0 Å². The number of nitrogens with one attached hydrogen (secondary N) is 1. The van der Waals surface area contributed by atoms with E-state index in [2.05, 4.69) is 5.32 Å². The molecule has 0 aromatic rings. The second-order valence-corrected chi connectivity index (χ2v) is 4.11. The number of hydrogen-bond acceptors (Lipinski definition) is 2. The molecular weight excluding hydrogens is 150 g/mol. The second-order valence-electron chi connectivity index (χ2n) is 4.11. The molecule has 2 heteroatoms. The van der Waals surface area contributed by atoms with Crippen molar-refractivity contribution >= 4 is 0 Å². The Labute approximate surface area is 74.7 Å². The molecule has 0 bridgehead atoms. The summed E-state index contributed by atoms with van der Waals surface area (Å²) in [4.78, 5) is 0. The van der Waals surface area contributed by atoms with Gasteiger partial charge in [-0.15, -0.1) is 0 Å². The number of ether oxygens (including phenoxy) is 1. The second kappa shape index (κ2) is 4.24. The smallest absolute Gasteiger partial charge is 0.0494 e. The van der Waals surface area contributed by atoms with Crippen LogP contribution in [0.4, 0.5) is 0 Å². The third kappa shape index (κ3) is 2.20. The molecule has 2 unspecified atom stereocenters. The van der Waals surface area contributed by atoms with Gasteiger partial charge in [0.2, 0.25) is 0 Å². The van der Waals surface area contributed by atoms with Crippen LogP contribution in [0.15, 0.2) is 0 Å². The summed E-state index contributed by atoms with van der Waals surface area (Å²) in [7, 11) is 0. The summed E-state index contributed by atoms with van der Waals surface area (Å²) in [5.41, 5.74) is 0. The van der Waals surface area contributed by atoms with Crippen molar-refractivity contribution in [1.82, 2.24) is 5.32 Å². The van der Waals surface area contributed by atoms with Crippen LogP contribution in [-0.2, 0) is 4.74 Å². The lowest BCUT2D eigenvalue weighted by atomic mass is 9.94. The zero-order chi connectivity index (χ0) is 8.23. The van der Waals surface area contributed by atoms with E-state index in [1.54, 1.807) is 0 Å². The summed E-state index contributed by atoms with van der Waals surface area (Å²) in [6.07, 6.45) is 6.77. The summed E-state index contributed by atoms with van der Waals surface area (Å²) in [6, 6.07) is 0.802. The maximum absolute atomic E-state index is 5.46. The molecule has 2 aliphatic heterocycles. The molecule has 0 aliphatic carbocycles. The highest BCUT2D eigenvalue weighted by atomic mass is 16.5. The predicted molar refractivity (Wildman–Crippen MR) is 49.2 cm³/mol. The van der Waals surface area contributed by atoms with Gasteiger partial charge in [-0.1, -0.05) is 0 Å². The van der Waals surface area contributed by atoms with E-state index in [4.69, 9.17) is 4.74 Å². The summed E-state index contributed by atoms with van der Waals surface area (Å²) in [5.74, 6) is 0.842. The summed E-state index contributed by atoms with van der Waals surface area (Å²) in [6.45, 7) is 3.24. The van der Waals surface area contributed by atoms with Crippen LogP contribution in [0, 0.1) is 5.92 Å². The number of hydrogen-bond donors (Lipinski definition) is 1. The molecule has 2 aliphatic rings. The summed E-state index contributed by atoms with van der Waals surface area (Å²) in [5, 5.41) is 3.55. The van der Waals surface area contributed by atoms with Crippen LogP contribution >= 0.6 is 0 Å². The Kier molecular flexibility index (Phi) is 3.01. The third-order valence-electron chi connectivity index (χ3n) is 3.03. The lowest BCUT2D eigenvalue weighted by Gasteiger charge is -2.24. The van der Waals surface area contributed by atoms with Gasteiger partial charge in [0.05, 0.1) is 0 Å². The van der Waals surface area contributed by atoms with Crippen LogP contribution in [0.5, 0.6) is 0 Å². The van der Waals surface area contributed by atoms with E-state index in [0.717, 1.165) is 25.2 Å². The molecular formula is C10H19NO. The fourth-order valence-electron chi connectivity index (χ4n) is 2.35. The Morgan fingerprint density at radius 1 is 1.25 bits per heavy atom. The Balaban J connectivity index is 1.69. The van der Waals surface area contributed by atoms with Crippen molar-refractivity contribution < 1.29 is 4.74 Å². The van der Waals surface area contributed by atoms with Crippen LogP contribution in [-0.4, -0.2) is 25.8 Å². The normalized spacial score (nSPS) is 37.0. The van der Waals surface area contributed by atoms with E-state index in [-0.39, 0.29) is 0 Å². The van der Waals surface area contributed by atoms with Gasteiger partial charge < -0.3 is 10.1 Å². The van der Waals surface area contributed by atoms with Crippen LogP contribution in [0.25, 0.3) is 0 Å². The molecule has 0 radical (unpaired) electrons. The molecule has 12 heavy (non-hydrogen) atoms. The molecule has 2 atom stereocenters. The Morgan fingerprint density at radius 3 is 2.92 bits per heavy atom. The topological polar surface area (TPSA) is 21.3 Å². The minimum atomic E-state index is 0.802. The number of rotatable bonds is 2. The van der Waals surface area contributed by atoms with Gasteiger partial charge in [-0.2, -0.15) is 0 Å². The van der Waals surface area contributed by atoms with Gasteiger partial charge in [-0.3, -0.25) is 0 Å². The van der Waals surface area contributed by atoms with Crippen LogP contribution < -0.4 is 5.32 Å². The Hall–Kier alpha value is -0.0800. The molecule has 70 valence electrons. The van der Waals surface area contributed by atoms with Crippen molar-refractivity contribution in [3.8, 4) is 0 Å². The highest BCUT2D eigenvalue weighted by molar-refractivity contribution is 4.78. The van der Waals surface area contributed by atoms with Gasteiger partial charge in [0, 0.05) is 19.3 Å². The lowest BCUT2D eigenvalue weighted by Crippen LogP contribution is -2.28. The van der Waals surface area contributed by atoms with E-state index in [0.29, 0.717) is 0 Å². The monoisotopic (exact) mass is 169 g/mol. The molecule has 1 N–H and O–H groups in total.